The molecule has 134 valence electrons. The first-order valence-corrected chi connectivity index (χ1v) is 8.49. The number of nitrogens with two attached hydrogens (primary N) is 1. The molecule has 5 nitrogen and oxygen atoms in total. The lowest BCUT2D eigenvalue weighted by molar-refractivity contribution is -0.122. The minimum atomic E-state index is -0.0723. The van der Waals surface area contributed by atoms with Crippen LogP contribution in [0.3, 0.4) is 0 Å². The molecule has 0 spiro atoms. The van der Waals surface area contributed by atoms with E-state index in [4.69, 9.17) is 5.73 Å². The number of carbonyl (C=O) groups excluding carboxylic acids is 2. The topological polar surface area (TPSA) is 84.2 Å². The summed E-state index contributed by atoms with van der Waals surface area (Å²) in [5.74, 6) is 0.270. The van der Waals surface area contributed by atoms with Crippen LogP contribution in [0.1, 0.15) is 54.9 Å². The summed E-state index contributed by atoms with van der Waals surface area (Å²) in [4.78, 5) is 24.0. The van der Waals surface area contributed by atoms with Crippen molar-refractivity contribution in [2.24, 2.45) is 11.7 Å². The Balaban J connectivity index is 0.00000288. The molecule has 1 aromatic rings. The molecule has 24 heavy (non-hydrogen) atoms. The molecule has 2 rings (SSSR count). The third-order valence-corrected chi connectivity index (χ3v) is 4.38. The third kappa shape index (κ3) is 6.13. The van der Waals surface area contributed by atoms with Crippen molar-refractivity contribution in [3.8, 4) is 0 Å². The van der Waals surface area contributed by atoms with Gasteiger partial charge in [0.05, 0.1) is 0 Å². The molecule has 1 aliphatic carbocycles. The van der Waals surface area contributed by atoms with Crippen molar-refractivity contribution in [2.75, 3.05) is 6.54 Å². The molecule has 0 heterocycles. The van der Waals surface area contributed by atoms with Crippen molar-refractivity contribution >= 4 is 24.2 Å². The first kappa shape index (κ1) is 20.5. The van der Waals surface area contributed by atoms with E-state index in [2.05, 4.69) is 10.6 Å². The van der Waals surface area contributed by atoms with Crippen molar-refractivity contribution in [2.45, 2.75) is 51.6 Å². The fraction of sp³-hybridized carbons (Fsp3) is 0.556. The number of halogens is 1. The minimum absolute atomic E-state index is 0. The first-order chi connectivity index (χ1) is 11.1. The number of hydrogen-bond donors (Lipinski definition) is 3. The van der Waals surface area contributed by atoms with Crippen LogP contribution < -0.4 is 16.4 Å². The highest BCUT2D eigenvalue weighted by atomic mass is 35.5. The van der Waals surface area contributed by atoms with Gasteiger partial charge in [-0.15, -0.1) is 12.4 Å². The van der Waals surface area contributed by atoms with Crippen LogP contribution in [0.4, 0.5) is 0 Å². The van der Waals surface area contributed by atoms with Gasteiger partial charge < -0.3 is 16.4 Å². The third-order valence-electron chi connectivity index (χ3n) is 4.38. The van der Waals surface area contributed by atoms with Gasteiger partial charge in [0, 0.05) is 31.1 Å². The van der Waals surface area contributed by atoms with Crippen molar-refractivity contribution < 1.29 is 9.59 Å². The van der Waals surface area contributed by atoms with Crippen LogP contribution in [0.5, 0.6) is 0 Å². The van der Waals surface area contributed by atoms with Crippen LogP contribution in [0.15, 0.2) is 24.3 Å². The number of hydrogen-bond acceptors (Lipinski definition) is 3. The number of amides is 2. The standard InChI is InChI=1S/C18H27N3O2.ClH/c1-2-9-20-18(23)15-7-3-5-13(10-15)12-21-17(22)11-14-6-4-8-16(14)19;/h3,5,7,10,14,16H,2,4,6,8-9,11-12,19H2,1H3,(H,20,23)(H,21,22);1H/t14-,16+;/m0./s1. The van der Waals surface area contributed by atoms with Gasteiger partial charge in [0.15, 0.2) is 0 Å². The van der Waals surface area contributed by atoms with Gasteiger partial charge in [-0.3, -0.25) is 9.59 Å². The summed E-state index contributed by atoms with van der Waals surface area (Å²) in [5.41, 5.74) is 7.56. The summed E-state index contributed by atoms with van der Waals surface area (Å²) in [6.07, 6.45) is 4.59. The Morgan fingerprint density at radius 1 is 1.25 bits per heavy atom. The molecule has 1 fully saturated rings. The fourth-order valence-corrected chi connectivity index (χ4v) is 2.99. The molecular weight excluding hydrogens is 326 g/mol. The molecule has 1 aliphatic rings. The lowest BCUT2D eigenvalue weighted by Crippen LogP contribution is -2.31. The molecule has 1 aromatic carbocycles. The van der Waals surface area contributed by atoms with Gasteiger partial charge in [-0.25, -0.2) is 0 Å². The van der Waals surface area contributed by atoms with E-state index in [-0.39, 0.29) is 30.3 Å². The second-order valence-electron chi connectivity index (χ2n) is 6.29. The van der Waals surface area contributed by atoms with Crippen molar-refractivity contribution in [3.63, 3.8) is 0 Å². The summed E-state index contributed by atoms with van der Waals surface area (Å²) in [7, 11) is 0. The second kappa shape index (κ2) is 10.3. The lowest BCUT2D eigenvalue weighted by atomic mass is 10.00. The Kier molecular flexibility index (Phi) is 8.79. The number of rotatable bonds is 7. The lowest BCUT2D eigenvalue weighted by Gasteiger charge is -2.15. The average Bonchev–Trinajstić information content (AvgIpc) is 2.96. The monoisotopic (exact) mass is 353 g/mol. The summed E-state index contributed by atoms with van der Waals surface area (Å²) >= 11 is 0. The summed E-state index contributed by atoms with van der Waals surface area (Å²) in [5, 5.41) is 5.78. The van der Waals surface area contributed by atoms with Crippen molar-refractivity contribution in [3.05, 3.63) is 35.4 Å². The quantitative estimate of drug-likeness (QED) is 0.703. The van der Waals surface area contributed by atoms with Gasteiger partial charge in [-0.2, -0.15) is 0 Å². The largest absolute Gasteiger partial charge is 0.352 e. The molecule has 4 N–H and O–H groups in total. The maximum Gasteiger partial charge on any atom is 0.251 e. The molecule has 0 bridgehead atoms. The number of nitrogens with one attached hydrogen (secondary N) is 2. The Labute approximate surface area is 150 Å². The van der Waals surface area contributed by atoms with Crippen LogP contribution >= 0.6 is 12.4 Å². The predicted molar refractivity (Wildman–Crippen MR) is 98.1 cm³/mol. The van der Waals surface area contributed by atoms with Crippen LogP contribution in [0, 0.1) is 5.92 Å². The van der Waals surface area contributed by atoms with Gasteiger partial charge in [0.2, 0.25) is 5.91 Å². The minimum Gasteiger partial charge on any atom is -0.352 e. The first-order valence-electron chi connectivity index (χ1n) is 8.49. The normalized spacial score (nSPS) is 19.4. The maximum atomic E-state index is 12.0. The van der Waals surface area contributed by atoms with Crippen LogP contribution in [0.25, 0.3) is 0 Å². The SMILES string of the molecule is CCCNC(=O)c1cccc(CNC(=O)C[C@@H]2CCC[C@H]2N)c1.Cl. The maximum absolute atomic E-state index is 12.0. The average molecular weight is 354 g/mol. The molecule has 0 radical (unpaired) electrons. The van der Waals surface area contributed by atoms with E-state index in [0.29, 0.717) is 31.0 Å². The Morgan fingerprint density at radius 3 is 2.71 bits per heavy atom. The highest BCUT2D eigenvalue weighted by Crippen LogP contribution is 2.26. The zero-order chi connectivity index (χ0) is 16.7. The van der Waals surface area contributed by atoms with E-state index < -0.39 is 0 Å². The predicted octanol–water partition coefficient (Wildman–Crippen LogP) is 2.38. The summed E-state index contributed by atoms with van der Waals surface area (Å²) in [6.45, 7) is 3.12. The van der Waals surface area contributed by atoms with E-state index >= 15 is 0 Å². The van der Waals surface area contributed by atoms with Crippen LogP contribution in [-0.2, 0) is 11.3 Å². The van der Waals surface area contributed by atoms with E-state index in [9.17, 15) is 9.59 Å². The fourth-order valence-electron chi connectivity index (χ4n) is 2.99. The molecular formula is C18H28ClN3O2. The molecule has 0 unspecified atom stereocenters. The van der Waals surface area contributed by atoms with Crippen LogP contribution in [0.2, 0.25) is 0 Å². The van der Waals surface area contributed by atoms with E-state index in [1.807, 2.05) is 25.1 Å². The van der Waals surface area contributed by atoms with Crippen LogP contribution in [-0.4, -0.2) is 24.4 Å². The van der Waals surface area contributed by atoms with Gasteiger partial charge in [0.25, 0.3) is 5.91 Å². The van der Waals surface area contributed by atoms with Gasteiger partial charge in [0.1, 0.15) is 0 Å². The molecule has 0 aromatic heterocycles. The molecule has 2 atom stereocenters. The second-order valence-corrected chi connectivity index (χ2v) is 6.29. The number of carbonyl (C=O) groups is 2. The van der Waals surface area contributed by atoms with E-state index in [1.54, 1.807) is 6.07 Å². The molecule has 1 saturated carbocycles. The van der Waals surface area contributed by atoms with Crippen molar-refractivity contribution in [1.29, 1.82) is 0 Å². The molecule has 2 amide bonds. The molecule has 6 heteroatoms. The Morgan fingerprint density at radius 2 is 2.04 bits per heavy atom. The summed E-state index contributed by atoms with van der Waals surface area (Å²) in [6, 6.07) is 7.53. The number of benzene rings is 1. The zero-order valence-corrected chi connectivity index (χ0v) is 15.0. The zero-order valence-electron chi connectivity index (χ0n) is 14.2. The highest BCUT2D eigenvalue weighted by Gasteiger charge is 2.25. The van der Waals surface area contributed by atoms with Gasteiger partial charge in [-0.1, -0.05) is 25.5 Å². The Bertz CT molecular complexity index is 551. The van der Waals surface area contributed by atoms with Gasteiger partial charge in [-0.05, 0) is 42.9 Å². The van der Waals surface area contributed by atoms with E-state index in [1.165, 1.54) is 0 Å². The smallest absolute Gasteiger partial charge is 0.251 e. The molecule has 0 saturated heterocycles. The summed E-state index contributed by atoms with van der Waals surface area (Å²) < 4.78 is 0. The van der Waals surface area contributed by atoms with E-state index in [0.717, 1.165) is 31.2 Å². The van der Waals surface area contributed by atoms with Gasteiger partial charge >= 0.3 is 0 Å². The highest BCUT2D eigenvalue weighted by molar-refractivity contribution is 5.94. The molecule has 0 aliphatic heterocycles. The van der Waals surface area contributed by atoms with Crippen molar-refractivity contribution in [1.82, 2.24) is 10.6 Å². The Hall–Kier alpha value is -1.59.